The summed E-state index contributed by atoms with van der Waals surface area (Å²) in [7, 11) is 0. The molecule has 1 heterocycles. The molecule has 1 aromatic heterocycles. The molecule has 0 saturated carbocycles. The molecule has 1 aromatic carbocycles. The van der Waals surface area contributed by atoms with E-state index in [0.29, 0.717) is 17.1 Å². The Bertz CT molecular complexity index is 579. The first-order valence-corrected chi connectivity index (χ1v) is 5.55. The molecule has 0 aliphatic rings. The molecule has 0 fully saturated rings. The average molecular weight is 247 g/mol. The summed E-state index contributed by atoms with van der Waals surface area (Å²) in [6.07, 6.45) is 2.57. The predicted molar refractivity (Wildman–Crippen MR) is 66.8 cm³/mol. The van der Waals surface area contributed by atoms with Gasteiger partial charge < -0.3 is 10.3 Å². The minimum absolute atomic E-state index is 0.0298. The van der Waals surface area contributed by atoms with Crippen LogP contribution in [0.1, 0.15) is 13.3 Å². The van der Waals surface area contributed by atoms with E-state index in [9.17, 15) is 10.1 Å². The summed E-state index contributed by atoms with van der Waals surface area (Å²) in [6.45, 7) is 2.82. The molecule has 7 nitrogen and oxygen atoms in total. The summed E-state index contributed by atoms with van der Waals surface area (Å²) in [5.41, 5.74) is 6.79. The van der Waals surface area contributed by atoms with Gasteiger partial charge in [-0.2, -0.15) is 0 Å². The number of nitrogens with two attached hydrogens (primary N) is 1. The van der Waals surface area contributed by atoms with Gasteiger partial charge in [0.05, 0.1) is 4.92 Å². The molecule has 7 heteroatoms. The van der Waals surface area contributed by atoms with Crippen molar-refractivity contribution in [3.63, 3.8) is 0 Å². The van der Waals surface area contributed by atoms with Crippen LogP contribution in [-0.4, -0.2) is 19.7 Å². The van der Waals surface area contributed by atoms with Gasteiger partial charge in [-0.25, -0.2) is 0 Å². The van der Waals surface area contributed by atoms with E-state index < -0.39 is 4.92 Å². The quantitative estimate of drug-likeness (QED) is 0.504. The van der Waals surface area contributed by atoms with Gasteiger partial charge in [-0.1, -0.05) is 6.92 Å². The molecule has 2 N–H and O–H groups in total. The number of aryl methyl sites for hydroxylation is 1. The lowest BCUT2D eigenvalue weighted by atomic mass is 10.1. The maximum absolute atomic E-state index is 10.6. The van der Waals surface area contributed by atoms with Crippen molar-refractivity contribution in [2.75, 3.05) is 5.73 Å². The Balaban J connectivity index is 2.44. The molecular weight excluding hydrogens is 234 g/mol. The Morgan fingerprint density at radius 3 is 2.89 bits per heavy atom. The van der Waals surface area contributed by atoms with E-state index in [1.54, 1.807) is 12.4 Å². The molecule has 0 aliphatic carbocycles. The molecular formula is C11H13N5O2. The van der Waals surface area contributed by atoms with E-state index in [4.69, 9.17) is 5.73 Å². The summed E-state index contributed by atoms with van der Waals surface area (Å²) in [4.78, 5) is 10.2. The number of benzene rings is 1. The topological polar surface area (TPSA) is 99.9 Å². The van der Waals surface area contributed by atoms with Crippen LogP contribution in [0.3, 0.4) is 0 Å². The number of hydrogen-bond acceptors (Lipinski definition) is 5. The largest absolute Gasteiger partial charge is 0.398 e. The number of rotatable bonds is 4. The number of non-ortho nitro benzene ring substituents is 1. The van der Waals surface area contributed by atoms with Crippen LogP contribution in [0.15, 0.2) is 24.5 Å². The second kappa shape index (κ2) is 4.82. The second-order valence-electron chi connectivity index (χ2n) is 3.88. The van der Waals surface area contributed by atoms with Gasteiger partial charge in [0, 0.05) is 29.9 Å². The lowest BCUT2D eigenvalue weighted by Crippen LogP contribution is -2.01. The van der Waals surface area contributed by atoms with Gasteiger partial charge in [-0.15, -0.1) is 10.2 Å². The fourth-order valence-electron chi connectivity index (χ4n) is 1.74. The number of nitrogens with zero attached hydrogens (tertiary/aromatic N) is 4. The number of nitro benzene ring substituents is 1. The van der Waals surface area contributed by atoms with E-state index in [1.165, 1.54) is 12.1 Å². The van der Waals surface area contributed by atoms with Crippen molar-refractivity contribution in [1.29, 1.82) is 0 Å². The van der Waals surface area contributed by atoms with Crippen molar-refractivity contribution in [1.82, 2.24) is 14.8 Å². The molecule has 0 radical (unpaired) electrons. The van der Waals surface area contributed by atoms with Crippen molar-refractivity contribution in [3.8, 4) is 11.4 Å². The monoisotopic (exact) mass is 247 g/mol. The Morgan fingerprint density at radius 2 is 2.28 bits per heavy atom. The number of aromatic nitrogens is 3. The van der Waals surface area contributed by atoms with E-state index in [1.807, 2.05) is 11.5 Å². The molecule has 0 saturated heterocycles. The molecule has 94 valence electrons. The van der Waals surface area contributed by atoms with Crippen LogP contribution in [0.5, 0.6) is 0 Å². The van der Waals surface area contributed by atoms with Crippen LogP contribution in [0.4, 0.5) is 11.4 Å². The van der Waals surface area contributed by atoms with Gasteiger partial charge in [0.25, 0.3) is 5.69 Å². The molecule has 0 bridgehead atoms. The third-order valence-electron chi connectivity index (χ3n) is 2.57. The van der Waals surface area contributed by atoms with Crippen LogP contribution in [0, 0.1) is 10.1 Å². The molecule has 0 aliphatic heterocycles. The third-order valence-corrected chi connectivity index (χ3v) is 2.57. The first-order valence-electron chi connectivity index (χ1n) is 5.55. The lowest BCUT2D eigenvalue weighted by Gasteiger charge is -2.07. The van der Waals surface area contributed by atoms with Crippen LogP contribution in [0.25, 0.3) is 11.4 Å². The molecule has 0 amide bonds. The highest BCUT2D eigenvalue weighted by Crippen LogP contribution is 2.27. The van der Waals surface area contributed by atoms with E-state index >= 15 is 0 Å². The normalized spacial score (nSPS) is 10.5. The smallest absolute Gasteiger partial charge is 0.271 e. The van der Waals surface area contributed by atoms with Gasteiger partial charge in [-0.05, 0) is 12.5 Å². The van der Waals surface area contributed by atoms with Gasteiger partial charge in [0.2, 0.25) is 0 Å². The van der Waals surface area contributed by atoms with Crippen molar-refractivity contribution >= 4 is 11.4 Å². The minimum atomic E-state index is -0.475. The zero-order valence-electron chi connectivity index (χ0n) is 9.91. The summed E-state index contributed by atoms with van der Waals surface area (Å²) in [6, 6.07) is 4.35. The first-order chi connectivity index (χ1) is 8.63. The summed E-state index contributed by atoms with van der Waals surface area (Å²) >= 11 is 0. The zero-order chi connectivity index (χ0) is 13.1. The minimum Gasteiger partial charge on any atom is -0.398 e. The van der Waals surface area contributed by atoms with Crippen LogP contribution < -0.4 is 5.73 Å². The Kier molecular flexibility index (Phi) is 3.22. The molecule has 2 rings (SSSR count). The van der Waals surface area contributed by atoms with Crippen molar-refractivity contribution < 1.29 is 4.92 Å². The SMILES string of the molecule is CCCn1cnnc1-c1ccc([N+](=O)[O-])cc1N. The molecule has 2 aromatic rings. The van der Waals surface area contributed by atoms with E-state index in [0.717, 1.165) is 13.0 Å². The number of nitro groups is 1. The fourth-order valence-corrected chi connectivity index (χ4v) is 1.74. The second-order valence-corrected chi connectivity index (χ2v) is 3.88. The summed E-state index contributed by atoms with van der Waals surface area (Å²) in [5, 5.41) is 18.5. The van der Waals surface area contributed by atoms with Crippen molar-refractivity contribution in [2.45, 2.75) is 19.9 Å². The fraction of sp³-hybridized carbons (Fsp3) is 0.273. The Hall–Kier alpha value is -2.44. The average Bonchev–Trinajstić information content (AvgIpc) is 2.77. The third kappa shape index (κ3) is 2.15. The predicted octanol–water partition coefficient (Wildman–Crippen LogP) is 1.85. The van der Waals surface area contributed by atoms with Gasteiger partial charge in [0.15, 0.2) is 5.82 Å². The van der Waals surface area contributed by atoms with Gasteiger partial charge >= 0.3 is 0 Å². The maximum atomic E-state index is 10.6. The molecule has 18 heavy (non-hydrogen) atoms. The van der Waals surface area contributed by atoms with Crippen LogP contribution >= 0.6 is 0 Å². The van der Waals surface area contributed by atoms with Crippen molar-refractivity contribution in [2.24, 2.45) is 0 Å². The lowest BCUT2D eigenvalue weighted by molar-refractivity contribution is -0.384. The Labute approximate surface area is 103 Å². The van der Waals surface area contributed by atoms with E-state index in [2.05, 4.69) is 10.2 Å². The zero-order valence-corrected chi connectivity index (χ0v) is 9.91. The molecule has 0 atom stereocenters. The Morgan fingerprint density at radius 1 is 1.50 bits per heavy atom. The number of anilines is 1. The highest BCUT2D eigenvalue weighted by Gasteiger charge is 2.14. The van der Waals surface area contributed by atoms with Crippen LogP contribution in [0.2, 0.25) is 0 Å². The molecule has 0 unspecified atom stereocenters. The standard InChI is InChI=1S/C11H13N5O2/c1-2-5-15-7-13-14-11(15)9-4-3-8(16(17)18)6-10(9)12/h3-4,6-7H,2,5,12H2,1H3. The highest BCUT2D eigenvalue weighted by molar-refractivity contribution is 5.73. The van der Waals surface area contributed by atoms with E-state index in [-0.39, 0.29) is 5.69 Å². The molecule has 0 spiro atoms. The highest BCUT2D eigenvalue weighted by atomic mass is 16.6. The summed E-state index contributed by atoms with van der Waals surface area (Å²) in [5.74, 6) is 0.629. The van der Waals surface area contributed by atoms with Gasteiger partial charge in [-0.3, -0.25) is 10.1 Å². The van der Waals surface area contributed by atoms with Crippen LogP contribution in [-0.2, 0) is 6.54 Å². The maximum Gasteiger partial charge on any atom is 0.271 e. The number of nitrogen functional groups attached to an aromatic ring is 1. The first kappa shape index (κ1) is 12.0. The van der Waals surface area contributed by atoms with Crippen molar-refractivity contribution in [3.05, 3.63) is 34.6 Å². The number of hydrogen-bond donors (Lipinski definition) is 1. The summed E-state index contributed by atoms with van der Waals surface area (Å²) < 4.78 is 1.87. The van der Waals surface area contributed by atoms with Gasteiger partial charge in [0.1, 0.15) is 6.33 Å².